The Kier molecular flexibility index (Phi) is 8.63. The normalized spacial score (nSPS) is 11.3. The zero-order valence-electron chi connectivity index (χ0n) is 23.0. The van der Waals surface area contributed by atoms with Crippen LogP contribution in [0.5, 0.6) is 0 Å². The minimum absolute atomic E-state index is 0.660. The molecule has 0 aliphatic heterocycles. The fraction of sp³-hybridized carbons (Fsp3) is 0.125. The Hall–Kier alpha value is -5.29. The van der Waals surface area contributed by atoms with E-state index in [1.165, 1.54) is 22.3 Å². The predicted octanol–water partition coefficient (Wildman–Crippen LogP) is 6.71. The van der Waals surface area contributed by atoms with Gasteiger partial charge in [-0.15, -0.1) is 0 Å². The quantitative estimate of drug-likeness (QED) is 0.193. The average molecular weight is 585 g/mol. The van der Waals surface area contributed by atoms with E-state index >= 15 is 0 Å². The summed E-state index contributed by atoms with van der Waals surface area (Å²) in [5, 5.41) is 19.5. The predicted molar refractivity (Wildman–Crippen MR) is 157 cm³/mol. The molecule has 3 N–H and O–H groups in total. The van der Waals surface area contributed by atoms with E-state index in [1.54, 1.807) is 11.0 Å². The van der Waals surface area contributed by atoms with Crippen molar-refractivity contribution in [3.05, 3.63) is 120 Å². The number of imidazole rings is 1. The summed E-state index contributed by atoms with van der Waals surface area (Å²) in [4.78, 5) is 18.8. The summed E-state index contributed by atoms with van der Waals surface area (Å²) in [5.74, 6) is -1.86. The van der Waals surface area contributed by atoms with Gasteiger partial charge in [-0.05, 0) is 53.4 Å². The molecular weight excluding hydrogens is 557 g/mol. The number of H-pyrrole nitrogens is 1. The molecule has 0 aliphatic carbocycles. The number of aromatic amines is 1. The number of halogens is 3. The number of fused-ring (bicyclic) bond motifs is 1. The van der Waals surface area contributed by atoms with E-state index < -0.39 is 12.1 Å². The van der Waals surface area contributed by atoms with Crippen LogP contribution in [0.15, 0.2) is 103 Å². The van der Waals surface area contributed by atoms with Crippen LogP contribution >= 0.6 is 0 Å². The number of nitrogens with one attached hydrogen (secondary N) is 2. The summed E-state index contributed by atoms with van der Waals surface area (Å²) in [5.41, 5.74) is 9.78. The van der Waals surface area contributed by atoms with Crippen LogP contribution in [0.1, 0.15) is 16.8 Å². The molecule has 0 unspecified atom stereocenters. The number of aliphatic carboxylic acids is 1. The van der Waals surface area contributed by atoms with Gasteiger partial charge in [0.1, 0.15) is 5.82 Å². The first-order valence-electron chi connectivity index (χ1n) is 13.3. The lowest BCUT2D eigenvalue weighted by molar-refractivity contribution is -0.192. The van der Waals surface area contributed by atoms with Crippen molar-refractivity contribution in [1.29, 1.82) is 0 Å². The van der Waals surface area contributed by atoms with Gasteiger partial charge in [-0.2, -0.15) is 28.2 Å². The number of carbonyl (C=O) groups is 1. The molecule has 0 atom stereocenters. The van der Waals surface area contributed by atoms with E-state index in [0.717, 1.165) is 40.3 Å². The topological polar surface area (TPSA) is 109 Å². The lowest BCUT2D eigenvalue weighted by Gasteiger charge is -2.07. The molecule has 0 aliphatic rings. The fourth-order valence-electron chi connectivity index (χ4n) is 4.37. The van der Waals surface area contributed by atoms with Crippen molar-refractivity contribution in [3.63, 3.8) is 0 Å². The third-order valence-electron chi connectivity index (χ3n) is 6.54. The third-order valence-corrected chi connectivity index (χ3v) is 6.54. The van der Waals surface area contributed by atoms with E-state index in [4.69, 9.17) is 14.9 Å². The van der Waals surface area contributed by atoms with Gasteiger partial charge in [0.15, 0.2) is 0 Å². The Morgan fingerprint density at radius 2 is 1.58 bits per heavy atom. The lowest BCUT2D eigenvalue weighted by Crippen LogP contribution is -2.21. The molecule has 2 aromatic heterocycles. The zero-order chi connectivity index (χ0) is 30.4. The van der Waals surface area contributed by atoms with Gasteiger partial charge in [0.2, 0.25) is 0 Å². The van der Waals surface area contributed by atoms with E-state index in [2.05, 4.69) is 94.2 Å². The van der Waals surface area contributed by atoms with E-state index in [0.29, 0.717) is 6.54 Å². The highest BCUT2D eigenvalue weighted by molar-refractivity contribution is 5.83. The molecule has 0 bridgehead atoms. The summed E-state index contributed by atoms with van der Waals surface area (Å²) in [6.45, 7) is 3.51. The number of aryl methyl sites for hydroxylation is 1. The van der Waals surface area contributed by atoms with Crippen molar-refractivity contribution in [2.24, 2.45) is 0 Å². The van der Waals surface area contributed by atoms with Crippen LogP contribution in [0, 0.1) is 6.92 Å². The van der Waals surface area contributed by atoms with E-state index in [-0.39, 0.29) is 0 Å². The van der Waals surface area contributed by atoms with Crippen LogP contribution in [-0.2, 0) is 17.9 Å². The molecule has 0 saturated heterocycles. The maximum atomic E-state index is 10.6. The summed E-state index contributed by atoms with van der Waals surface area (Å²) >= 11 is 0. The molecule has 0 amide bonds. The van der Waals surface area contributed by atoms with Crippen molar-refractivity contribution >= 4 is 17.0 Å². The molecule has 8 nitrogen and oxygen atoms in total. The minimum atomic E-state index is -5.08. The Morgan fingerprint density at radius 1 is 0.884 bits per heavy atom. The Labute approximate surface area is 244 Å². The van der Waals surface area contributed by atoms with Crippen LogP contribution in [0.25, 0.3) is 39.2 Å². The van der Waals surface area contributed by atoms with Gasteiger partial charge in [-0.3, -0.25) is 0 Å². The first-order chi connectivity index (χ1) is 20.7. The van der Waals surface area contributed by atoms with Gasteiger partial charge < -0.3 is 15.4 Å². The van der Waals surface area contributed by atoms with Crippen LogP contribution in [0.3, 0.4) is 0 Å². The number of hydrogen-bond acceptors (Lipinski definition) is 5. The molecule has 218 valence electrons. The standard InChI is InChI=1S/C30H26N6.C2HF3O2/c1-21-7-5-12-28-29(21)34-30(33-28)25-9-6-8-24(17-25)23-15-13-22(14-16-23)18-31-19-26-20-32-36(35-26)27-10-3-2-4-11-27;3-2(4,5)1(6)7/h2-17,20,31H,18-19H2,1H3,(H,33,34);(H,6,7). The van der Waals surface area contributed by atoms with Gasteiger partial charge in [0, 0.05) is 18.7 Å². The Morgan fingerprint density at radius 3 is 2.28 bits per heavy atom. The highest BCUT2D eigenvalue weighted by atomic mass is 19.4. The van der Waals surface area contributed by atoms with Crippen LogP contribution in [0.2, 0.25) is 0 Å². The van der Waals surface area contributed by atoms with Gasteiger partial charge in [-0.25, -0.2) is 9.78 Å². The molecule has 0 saturated carbocycles. The maximum Gasteiger partial charge on any atom is 0.490 e. The Bertz CT molecular complexity index is 1830. The van der Waals surface area contributed by atoms with Crippen molar-refractivity contribution in [1.82, 2.24) is 30.3 Å². The highest BCUT2D eigenvalue weighted by Gasteiger charge is 2.38. The monoisotopic (exact) mass is 584 g/mol. The van der Waals surface area contributed by atoms with Gasteiger partial charge in [0.05, 0.1) is 28.6 Å². The number of benzene rings is 4. The summed E-state index contributed by atoms with van der Waals surface area (Å²) in [7, 11) is 0. The molecule has 4 aromatic carbocycles. The fourth-order valence-corrected chi connectivity index (χ4v) is 4.37. The number of aromatic nitrogens is 5. The molecule has 0 spiro atoms. The SMILES string of the molecule is Cc1cccc2[nH]c(-c3cccc(-c4ccc(CNCc5cnn(-c6ccccc6)n5)cc4)c3)nc12.O=C(O)C(F)(F)F. The maximum absolute atomic E-state index is 10.6. The molecular formula is C32H27F3N6O2. The first-order valence-corrected chi connectivity index (χ1v) is 13.3. The summed E-state index contributed by atoms with van der Waals surface area (Å²) < 4.78 is 31.7. The molecule has 0 radical (unpaired) electrons. The first kappa shape index (κ1) is 29.2. The minimum Gasteiger partial charge on any atom is -0.475 e. The van der Waals surface area contributed by atoms with E-state index in [1.807, 2.05) is 30.3 Å². The number of alkyl halides is 3. The number of carboxylic acids is 1. The molecule has 11 heteroatoms. The molecule has 0 fully saturated rings. The van der Waals surface area contributed by atoms with Gasteiger partial charge in [-0.1, -0.05) is 72.8 Å². The molecule has 6 aromatic rings. The largest absolute Gasteiger partial charge is 0.490 e. The van der Waals surface area contributed by atoms with Crippen LogP contribution in [0.4, 0.5) is 13.2 Å². The molecule has 2 heterocycles. The smallest absolute Gasteiger partial charge is 0.475 e. The van der Waals surface area contributed by atoms with Crippen LogP contribution in [-0.4, -0.2) is 42.2 Å². The summed E-state index contributed by atoms with van der Waals surface area (Å²) in [6, 6.07) is 33.3. The van der Waals surface area contributed by atoms with E-state index in [9.17, 15) is 13.2 Å². The Balaban J connectivity index is 0.000000472. The van der Waals surface area contributed by atoms with Crippen molar-refractivity contribution in [2.45, 2.75) is 26.2 Å². The second kappa shape index (κ2) is 12.7. The highest BCUT2D eigenvalue weighted by Crippen LogP contribution is 2.27. The van der Waals surface area contributed by atoms with Crippen LogP contribution < -0.4 is 5.32 Å². The molecule has 6 rings (SSSR count). The van der Waals surface area contributed by atoms with Gasteiger partial charge in [0.25, 0.3) is 0 Å². The van der Waals surface area contributed by atoms with Gasteiger partial charge >= 0.3 is 12.1 Å². The number of para-hydroxylation sites is 2. The number of nitrogens with zero attached hydrogens (tertiary/aromatic N) is 4. The number of carboxylic acid groups (broad SMARTS) is 1. The lowest BCUT2D eigenvalue weighted by atomic mass is 10.0. The van der Waals surface area contributed by atoms with Crippen molar-refractivity contribution in [2.75, 3.05) is 0 Å². The summed E-state index contributed by atoms with van der Waals surface area (Å²) in [6.07, 6.45) is -3.28. The zero-order valence-corrected chi connectivity index (χ0v) is 23.0. The molecule has 43 heavy (non-hydrogen) atoms. The van der Waals surface area contributed by atoms with Crippen molar-refractivity contribution in [3.8, 4) is 28.2 Å². The second-order valence-electron chi connectivity index (χ2n) is 9.70. The van der Waals surface area contributed by atoms with Crippen molar-refractivity contribution < 1.29 is 23.1 Å². The number of hydrogen-bond donors (Lipinski definition) is 3. The third kappa shape index (κ3) is 7.32. The second-order valence-corrected chi connectivity index (χ2v) is 9.70. The number of rotatable bonds is 7. The average Bonchev–Trinajstić information content (AvgIpc) is 3.67.